The van der Waals surface area contributed by atoms with Gasteiger partial charge < -0.3 is 10.1 Å². The monoisotopic (exact) mass is 211 g/mol. The molecule has 1 aromatic heterocycles. The predicted octanol–water partition coefficient (Wildman–Crippen LogP) is 1.45. The van der Waals surface area contributed by atoms with Gasteiger partial charge in [-0.3, -0.25) is 0 Å². The molecule has 82 valence electrons. The fourth-order valence-corrected chi connectivity index (χ4v) is 1.71. The number of nitrogens with zero attached hydrogens (tertiary/aromatic N) is 2. The molecule has 1 aliphatic rings. The lowest BCUT2D eigenvalue weighted by atomic mass is 10.0. The van der Waals surface area contributed by atoms with E-state index in [-0.39, 0.29) is 6.10 Å². The number of rotatable bonds is 3. The van der Waals surface area contributed by atoms with Crippen molar-refractivity contribution in [2.45, 2.75) is 19.4 Å². The molecule has 5 heteroatoms. The Labute approximate surface area is 87.9 Å². The van der Waals surface area contributed by atoms with Crippen LogP contribution in [0.3, 0.4) is 0 Å². The molecule has 0 aromatic carbocycles. The first-order valence-electron chi connectivity index (χ1n) is 5.09. The van der Waals surface area contributed by atoms with Crippen molar-refractivity contribution in [3.63, 3.8) is 0 Å². The van der Waals surface area contributed by atoms with Crippen LogP contribution in [0.1, 0.15) is 13.3 Å². The highest BCUT2D eigenvalue weighted by atomic mass is 19.1. The third kappa shape index (κ3) is 2.62. The molecule has 0 aliphatic carbocycles. The Morgan fingerprint density at radius 3 is 3.13 bits per heavy atom. The van der Waals surface area contributed by atoms with Crippen molar-refractivity contribution in [2.75, 3.05) is 18.5 Å². The predicted molar refractivity (Wildman–Crippen MR) is 54.0 cm³/mol. The molecule has 1 fully saturated rings. The van der Waals surface area contributed by atoms with Gasteiger partial charge >= 0.3 is 0 Å². The van der Waals surface area contributed by atoms with Crippen molar-refractivity contribution >= 4 is 5.82 Å². The molecule has 15 heavy (non-hydrogen) atoms. The molecule has 1 N–H and O–H groups in total. The smallest absolute Gasteiger partial charge is 0.217 e. The Morgan fingerprint density at radius 2 is 2.47 bits per heavy atom. The van der Waals surface area contributed by atoms with E-state index in [2.05, 4.69) is 22.2 Å². The van der Waals surface area contributed by atoms with Crippen LogP contribution in [-0.4, -0.2) is 29.2 Å². The maximum absolute atomic E-state index is 12.7. The second-order valence-corrected chi connectivity index (χ2v) is 3.73. The Hall–Kier alpha value is -1.23. The van der Waals surface area contributed by atoms with E-state index >= 15 is 0 Å². The van der Waals surface area contributed by atoms with Crippen molar-refractivity contribution < 1.29 is 9.13 Å². The van der Waals surface area contributed by atoms with Gasteiger partial charge in [0.05, 0.1) is 6.10 Å². The third-order valence-corrected chi connectivity index (χ3v) is 2.71. The number of aromatic nitrogens is 2. The second-order valence-electron chi connectivity index (χ2n) is 3.73. The lowest BCUT2D eigenvalue weighted by molar-refractivity contribution is 0.108. The molecule has 1 aliphatic heterocycles. The van der Waals surface area contributed by atoms with Gasteiger partial charge in [0.15, 0.2) is 0 Å². The summed E-state index contributed by atoms with van der Waals surface area (Å²) in [6.07, 6.45) is 2.53. The summed E-state index contributed by atoms with van der Waals surface area (Å²) in [6, 6.07) is 1.29. The maximum atomic E-state index is 12.7. The average molecular weight is 211 g/mol. The largest absolute Gasteiger partial charge is 0.378 e. The van der Waals surface area contributed by atoms with Crippen LogP contribution in [0.2, 0.25) is 0 Å². The van der Waals surface area contributed by atoms with Crippen LogP contribution in [0, 0.1) is 11.9 Å². The van der Waals surface area contributed by atoms with Gasteiger partial charge in [-0.05, 0) is 13.3 Å². The van der Waals surface area contributed by atoms with E-state index in [1.54, 1.807) is 0 Å². The molecule has 1 saturated heterocycles. The van der Waals surface area contributed by atoms with Gasteiger partial charge in [-0.25, -0.2) is 9.97 Å². The molecule has 0 saturated carbocycles. The van der Waals surface area contributed by atoms with Gasteiger partial charge in [0.25, 0.3) is 0 Å². The van der Waals surface area contributed by atoms with Crippen LogP contribution >= 0.6 is 0 Å². The molecule has 2 heterocycles. The van der Waals surface area contributed by atoms with E-state index < -0.39 is 5.95 Å². The standard InChI is InChI=1S/C10H14FN3O/c1-7-8(2-3-15-7)5-12-10-4-9(11)13-6-14-10/h4,6-8H,2-3,5H2,1H3,(H,12,13,14). The van der Waals surface area contributed by atoms with E-state index in [4.69, 9.17) is 4.74 Å². The summed E-state index contributed by atoms with van der Waals surface area (Å²) in [5.74, 6) is 0.493. The highest BCUT2D eigenvalue weighted by Crippen LogP contribution is 2.20. The Bertz CT molecular complexity index is 334. The zero-order valence-electron chi connectivity index (χ0n) is 8.61. The normalized spacial score (nSPS) is 25.5. The lowest BCUT2D eigenvalue weighted by Gasteiger charge is -2.14. The summed E-state index contributed by atoms with van der Waals surface area (Å²) in [4.78, 5) is 7.31. The zero-order chi connectivity index (χ0) is 10.7. The molecule has 0 spiro atoms. The van der Waals surface area contributed by atoms with Gasteiger partial charge in [0.1, 0.15) is 12.1 Å². The highest BCUT2D eigenvalue weighted by molar-refractivity contribution is 5.32. The first-order valence-corrected chi connectivity index (χ1v) is 5.09. The SMILES string of the molecule is CC1OCCC1CNc1cc(F)ncn1. The van der Waals surface area contributed by atoms with Gasteiger partial charge in [-0.15, -0.1) is 0 Å². The van der Waals surface area contributed by atoms with E-state index in [1.165, 1.54) is 12.4 Å². The molecule has 0 amide bonds. The minimum absolute atomic E-state index is 0.268. The minimum Gasteiger partial charge on any atom is -0.378 e. The van der Waals surface area contributed by atoms with Crippen molar-refractivity contribution in [1.82, 2.24) is 9.97 Å². The van der Waals surface area contributed by atoms with Crippen molar-refractivity contribution in [2.24, 2.45) is 5.92 Å². The summed E-state index contributed by atoms with van der Waals surface area (Å²) in [5.41, 5.74) is 0. The second kappa shape index (κ2) is 4.53. The molecule has 2 unspecified atom stereocenters. The van der Waals surface area contributed by atoms with E-state index in [9.17, 15) is 4.39 Å². The summed E-state index contributed by atoms with van der Waals surface area (Å²) in [7, 11) is 0. The Balaban J connectivity index is 1.87. The number of hydrogen-bond donors (Lipinski definition) is 1. The van der Waals surface area contributed by atoms with Crippen molar-refractivity contribution in [3.8, 4) is 0 Å². The minimum atomic E-state index is -0.511. The Morgan fingerprint density at radius 1 is 1.60 bits per heavy atom. The topological polar surface area (TPSA) is 47.0 Å². The molecule has 0 bridgehead atoms. The molecule has 2 atom stereocenters. The van der Waals surface area contributed by atoms with Crippen LogP contribution in [0.15, 0.2) is 12.4 Å². The molecular weight excluding hydrogens is 197 g/mol. The number of ether oxygens (including phenoxy) is 1. The van der Waals surface area contributed by atoms with Crippen LogP contribution < -0.4 is 5.32 Å². The average Bonchev–Trinajstić information content (AvgIpc) is 2.61. The Kier molecular flexibility index (Phi) is 3.11. The van der Waals surface area contributed by atoms with Crippen molar-refractivity contribution in [3.05, 3.63) is 18.3 Å². The number of anilines is 1. The zero-order valence-corrected chi connectivity index (χ0v) is 8.61. The highest BCUT2D eigenvalue weighted by Gasteiger charge is 2.23. The number of halogens is 1. The molecule has 0 radical (unpaired) electrons. The number of nitrogens with one attached hydrogen (secondary N) is 1. The van der Waals surface area contributed by atoms with Crippen molar-refractivity contribution in [1.29, 1.82) is 0 Å². The summed E-state index contributed by atoms with van der Waals surface area (Å²) in [5, 5.41) is 3.09. The van der Waals surface area contributed by atoms with Gasteiger partial charge in [-0.2, -0.15) is 4.39 Å². The quantitative estimate of drug-likeness (QED) is 0.769. The molecule has 4 nitrogen and oxygen atoms in total. The number of hydrogen-bond acceptors (Lipinski definition) is 4. The summed E-state index contributed by atoms with van der Waals surface area (Å²) < 4.78 is 18.2. The van der Waals surface area contributed by atoms with Crippen LogP contribution in [0.4, 0.5) is 10.2 Å². The molecule has 1 aromatic rings. The van der Waals surface area contributed by atoms with Gasteiger partial charge in [-0.1, -0.05) is 0 Å². The lowest BCUT2D eigenvalue weighted by Crippen LogP contribution is -2.21. The van der Waals surface area contributed by atoms with E-state index in [0.29, 0.717) is 11.7 Å². The van der Waals surface area contributed by atoms with E-state index in [1.807, 2.05) is 0 Å². The first kappa shape index (κ1) is 10.3. The fraction of sp³-hybridized carbons (Fsp3) is 0.600. The third-order valence-electron chi connectivity index (χ3n) is 2.71. The first-order chi connectivity index (χ1) is 7.25. The van der Waals surface area contributed by atoms with Gasteiger partial charge in [0, 0.05) is 25.1 Å². The van der Waals surface area contributed by atoms with Gasteiger partial charge in [0.2, 0.25) is 5.95 Å². The fourth-order valence-electron chi connectivity index (χ4n) is 1.71. The summed E-state index contributed by atoms with van der Waals surface area (Å²) >= 11 is 0. The maximum Gasteiger partial charge on any atom is 0.217 e. The molecular formula is C10H14FN3O. The van der Waals surface area contributed by atoms with Crippen LogP contribution in [0.5, 0.6) is 0 Å². The van der Waals surface area contributed by atoms with Crippen LogP contribution in [0.25, 0.3) is 0 Å². The van der Waals surface area contributed by atoms with E-state index in [0.717, 1.165) is 19.6 Å². The summed E-state index contributed by atoms with van der Waals surface area (Å²) in [6.45, 7) is 3.63. The molecule has 2 rings (SSSR count). The van der Waals surface area contributed by atoms with Crippen LogP contribution in [-0.2, 0) is 4.74 Å².